The Morgan fingerprint density at radius 1 is 1.17 bits per heavy atom. The number of fused-ring (bicyclic) bond motifs is 2. The summed E-state index contributed by atoms with van der Waals surface area (Å²) in [6, 6.07) is 6.82. The number of hydrogen-bond acceptors (Lipinski definition) is 5. The monoisotopic (exact) mass is 482 g/mol. The Balaban J connectivity index is 1.71. The molecule has 182 valence electrons. The number of rotatable bonds is 4. The molecule has 2 aliphatic heterocycles. The molecular weight excluding hydrogens is 456 g/mol. The molecule has 3 aromatic rings. The SMILES string of the molecule is CCN(C)C(=O)c1cc(C=[N+]2CCc3c(F)cc(F)cc32)c2oc(N3CCOCC3)cc(=O)c2c1. The third kappa shape index (κ3) is 4.32. The van der Waals surface area contributed by atoms with Gasteiger partial charge in [-0.3, -0.25) is 9.59 Å². The van der Waals surface area contributed by atoms with Gasteiger partial charge >= 0.3 is 0 Å². The van der Waals surface area contributed by atoms with E-state index in [1.165, 1.54) is 12.1 Å². The minimum Gasteiger partial charge on any atom is -0.439 e. The van der Waals surface area contributed by atoms with Gasteiger partial charge < -0.3 is 19.0 Å². The first-order valence-electron chi connectivity index (χ1n) is 11.6. The van der Waals surface area contributed by atoms with Crippen LogP contribution in [0.5, 0.6) is 0 Å². The fourth-order valence-corrected chi connectivity index (χ4v) is 4.54. The lowest BCUT2D eigenvalue weighted by atomic mass is 10.0. The van der Waals surface area contributed by atoms with Gasteiger partial charge in [-0.25, -0.2) is 8.78 Å². The zero-order chi connectivity index (χ0) is 24.7. The predicted molar refractivity (Wildman–Crippen MR) is 128 cm³/mol. The van der Waals surface area contributed by atoms with Crippen molar-refractivity contribution in [2.75, 3.05) is 51.3 Å². The molecule has 1 amide bonds. The molecule has 0 atom stereocenters. The Morgan fingerprint density at radius 2 is 1.94 bits per heavy atom. The number of carbonyl (C=O) groups excluding carboxylic acids is 1. The summed E-state index contributed by atoms with van der Waals surface area (Å²) in [6.45, 7) is 5.01. The van der Waals surface area contributed by atoms with Crippen LogP contribution in [0.3, 0.4) is 0 Å². The summed E-state index contributed by atoms with van der Waals surface area (Å²) in [7, 11) is 1.68. The second kappa shape index (κ2) is 9.22. The van der Waals surface area contributed by atoms with Crippen molar-refractivity contribution in [3.8, 4) is 0 Å². The first kappa shape index (κ1) is 23.2. The van der Waals surface area contributed by atoms with Gasteiger partial charge in [-0.05, 0) is 19.1 Å². The standard InChI is InChI=1S/C26H26F2N3O4/c1-3-29(2)26(33)16-10-17(15-31-5-4-19-21(28)12-18(27)13-22(19)31)25-20(11-16)23(32)14-24(35-25)30-6-8-34-9-7-30/h10-15H,3-9H2,1-2H3/q+1. The van der Waals surface area contributed by atoms with E-state index in [2.05, 4.69) is 0 Å². The van der Waals surface area contributed by atoms with Gasteiger partial charge in [-0.1, -0.05) is 0 Å². The number of halogens is 2. The molecule has 0 aliphatic carbocycles. The van der Waals surface area contributed by atoms with E-state index in [0.29, 0.717) is 79.7 Å². The van der Waals surface area contributed by atoms with Gasteiger partial charge in [0.05, 0.1) is 29.7 Å². The molecule has 2 aliphatic rings. The Bertz CT molecular complexity index is 1410. The molecule has 1 fully saturated rings. The molecule has 1 saturated heterocycles. The number of amides is 1. The third-order valence-electron chi connectivity index (χ3n) is 6.58. The molecule has 0 unspecified atom stereocenters. The summed E-state index contributed by atoms with van der Waals surface area (Å²) in [5.74, 6) is -1.07. The lowest BCUT2D eigenvalue weighted by Gasteiger charge is -2.27. The maximum Gasteiger partial charge on any atom is 0.253 e. The average Bonchev–Trinajstić information content (AvgIpc) is 3.26. The second-order valence-corrected chi connectivity index (χ2v) is 8.77. The summed E-state index contributed by atoms with van der Waals surface area (Å²) >= 11 is 0. The molecule has 35 heavy (non-hydrogen) atoms. The number of anilines is 1. The van der Waals surface area contributed by atoms with Crippen molar-refractivity contribution in [3.63, 3.8) is 0 Å². The van der Waals surface area contributed by atoms with Crippen molar-refractivity contribution < 1.29 is 27.3 Å². The first-order valence-corrected chi connectivity index (χ1v) is 11.6. The normalized spacial score (nSPS) is 16.7. The topological polar surface area (TPSA) is 66.0 Å². The van der Waals surface area contributed by atoms with E-state index in [4.69, 9.17) is 9.15 Å². The molecule has 0 bridgehead atoms. The summed E-state index contributed by atoms with van der Waals surface area (Å²) in [5.41, 5.74) is 1.73. The number of morpholine rings is 1. The van der Waals surface area contributed by atoms with Gasteiger partial charge in [-0.15, -0.1) is 0 Å². The fourth-order valence-electron chi connectivity index (χ4n) is 4.54. The molecule has 5 rings (SSSR count). The van der Waals surface area contributed by atoms with Gasteiger partial charge in [-0.2, -0.15) is 4.58 Å². The highest BCUT2D eigenvalue weighted by Crippen LogP contribution is 2.31. The van der Waals surface area contributed by atoms with Crippen LogP contribution in [0.4, 0.5) is 20.4 Å². The minimum absolute atomic E-state index is 0.236. The van der Waals surface area contributed by atoms with Crippen molar-refractivity contribution in [2.45, 2.75) is 13.3 Å². The number of carbonyl (C=O) groups is 1. The lowest BCUT2D eigenvalue weighted by molar-refractivity contribution is -0.423. The van der Waals surface area contributed by atoms with Gasteiger partial charge in [0.1, 0.15) is 11.6 Å². The van der Waals surface area contributed by atoms with E-state index in [1.54, 1.807) is 34.9 Å². The summed E-state index contributed by atoms with van der Waals surface area (Å²) in [6.07, 6.45) is 2.11. The summed E-state index contributed by atoms with van der Waals surface area (Å²) in [5, 5.41) is 0.272. The van der Waals surface area contributed by atoms with Crippen LogP contribution in [0.1, 0.15) is 28.4 Å². The highest BCUT2D eigenvalue weighted by molar-refractivity contribution is 6.03. The molecule has 0 spiro atoms. The van der Waals surface area contributed by atoms with Gasteiger partial charge in [0, 0.05) is 56.9 Å². The average molecular weight is 483 g/mol. The van der Waals surface area contributed by atoms with E-state index in [0.717, 1.165) is 6.07 Å². The van der Waals surface area contributed by atoms with Crippen LogP contribution in [-0.4, -0.2) is 68.0 Å². The Morgan fingerprint density at radius 3 is 2.69 bits per heavy atom. The molecule has 7 nitrogen and oxygen atoms in total. The molecule has 3 heterocycles. The van der Waals surface area contributed by atoms with Crippen molar-refractivity contribution in [1.29, 1.82) is 0 Å². The van der Waals surface area contributed by atoms with Gasteiger partial charge in [0.25, 0.3) is 5.91 Å². The molecule has 2 aromatic carbocycles. The van der Waals surface area contributed by atoms with Gasteiger partial charge in [0.15, 0.2) is 29.7 Å². The quantitative estimate of drug-likeness (QED) is 0.534. The highest BCUT2D eigenvalue weighted by Gasteiger charge is 2.29. The lowest BCUT2D eigenvalue weighted by Crippen LogP contribution is -2.36. The Labute approximate surface area is 200 Å². The molecule has 0 radical (unpaired) electrons. The zero-order valence-electron chi connectivity index (χ0n) is 19.6. The largest absolute Gasteiger partial charge is 0.439 e. The molecule has 0 saturated carbocycles. The van der Waals surface area contributed by atoms with Crippen molar-refractivity contribution in [2.24, 2.45) is 0 Å². The maximum atomic E-state index is 14.3. The van der Waals surface area contributed by atoms with E-state index in [9.17, 15) is 18.4 Å². The van der Waals surface area contributed by atoms with E-state index >= 15 is 0 Å². The molecular formula is C26H26F2N3O4+. The van der Waals surface area contributed by atoms with Crippen molar-refractivity contribution in [1.82, 2.24) is 4.90 Å². The van der Waals surface area contributed by atoms with Crippen LogP contribution in [0.2, 0.25) is 0 Å². The third-order valence-corrected chi connectivity index (χ3v) is 6.58. The van der Waals surface area contributed by atoms with Crippen molar-refractivity contribution in [3.05, 3.63) is 68.9 Å². The number of benzene rings is 2. The van der Waals surface area contributed by atoms with Crippen LogP contribution in [0.25, 0.3) is 11.0 Å². The predicted octanol–water partition coefficient (Wildman–Crippen LogP) is 3.32. The van der Waals surface area contributed by atoms with E-state index in [-0.39, 0.29) is 16.7 Å². The zero-order valence-corrected chi connectivity index (χ0v) is 19.6. The van der Waals surface area contributed by atoms with Crippen LogP contribution in [0.15, 0.2) is 39.5 Å². The second-order valence-electron chi connectivity index (χ2n) is 8.77. The first-order chi connectivity index (χ1) is 16.9. The molecule has 0 N–H and O–H groups in total. The van der Waals surface area contributed by atoms with Crippen molar-refractivity contribution >= 4 is 34.7 Å². The summed E-state index contributed by atoms with van der Waals surface area (Å²) < 4.78 is 41.7. The fraction of sp³-hybridized carbons (Fsp3) is 0.346. The van der Waals surface area contributed by atoms with Crippen LogP contribution in [-0.2, 0) is 11.2 Å². The number of ether oxygens (including phenoxy) is 1. The Hall–Kier alpha value is -3.59. The smallest absolute Gasteiger partial charge is 0.253 e. The van der Waals surface area contributed by atoms with Crippen LogP contribution >= 0.6 is 0 Å². The number of hydrogen-bond donors (Lipinski definition) is 0. The van der Waals surface area contributed by atoms with Gasteiger partial charge in [0.2, 0.25) is 5.69 Å². The Kier molecular flexibility index (Phi) is 6.10. The number of nitrogens with zero attached hydrogens (tertiary/aromatic N) is 3. The van der Waals surface area contributed by atoms with Crippen LogP contribution in [0, 0.1) is 11.6 Å². The summed E-state index contributed by atoms with van der Waals surface area (Å²) in [4.78, 5) is 29.6. The minimum atomic E-state index is -0.666. The van der Waals surface area contributed by atoms with E-state index < -0.39 is 11.6 Å². The molecule has 9 heteroatoms. The maximum absolute atomic E-state index is 14.3. The molecule has 1 aromatic heterocycles. The highest BCUT2D eigenvalue weighted by atomic mass is 19.1. The van der Waals surface area contributed by atoms with E-state index in [1.807, 2.05) is 11.8 Å². The van der Waals surface area contributed by atoms with Crippen LogP contribution < -0.4 is 10.3 Å².